The molecule has 0 aliphatic carbocycles. The molecule has 1 aromatic carbocycles. The van der Waals surface area contributed by atoms with Crippen LogP contribution in [0, 0.1) is 11.3 Å². The van der Waals surface area contributed by atoms with Crippen molar-refractivity contribution >= 4 is 5.97 Å². The summed E-state index contributed by atoms with van der Waals surface area (Å²) in [4.78, 5) is 13.3. The third-order valence-electron chi connectivity index (χ3n) is 3.24. The number of hydrogen-bond acceptors (Lipinski definition) is 3. The molecule has 1 heterocycles. The second-order valence-electron chi connectivity index (χ2n) is 4.47. The summed E-state index contributed by atoms with van der Waals surface area (Å²) in [5.41, 5.74) is 1.64. The fourth-order valence-corrected chi connectivity index (χ4v) is 2.35. The van der Waals surface area contributed by atoms with Gasteiger partial charge in [0.15, 0.2) is 0 Å². The molecule has 88 valence electrons. The van der Waals surface area contributed by atoms with Crippen LogP contribution in [0.1, 0.15) is 33.8 Å². The zero-order chi connectivity index (χ0) is 12.4. The van der Waals surface area contributed by atoms with Crippen molar-refractivity contribution in [3.8, 4) is 6.07 Å². The van der Waals surface area contributed by atoms with Crippen molar-refractivity contribution in [1.29, 1.82) is 5.26 Å². The van der Waals surface area contributed by atoms with Crippen molar-refractivity contribution in [1.82, 2.24) is 4.90 Å². The Morgan fingerprint density at radius 3 is 2.88 bits per heavy atom. The molecule has 1 fully saturated rings. The Kier molecular flexibility index (Phi) is 3.12. The van der Waals surface area contributed by atoms with E-state index in [1.165, 1.54) is 6.07 Å². The standard InChI is InChI=1S/C13H14N2O2/c1-15-5-4-10(8-15)12-6-9(7-14)2-3-11(12)13(16)17/h2-3,6,10H,4-5,8H2,1H3,(H,16,17)/t10-/m0/s1. The molecule has 0 unspecified atom stereocenters. The van der Waals surface area contributed by atoms with E-state index in [0.29, 0.717) is 11.1 Å². The number of likely N-dealkylation sites (N-methyl/N-ethyl adjacent to an activating group) is 1. The van der Waals surface area contributed by atoms with Gasteiger partial charge in [0.05, 0.1) is 17.2 Å². The van der Waals surface area contributed by atoms with Crippen molar-refractivity contribution in [3.63, 3.8) is 0 Å². The Morgan fingerprint density at radius 2 is 2.35 bits per heavy atom. The van der Waals surface area contributed by atoms with Crippen LogP contribution in [-0.2, 0) is 0 Å². The van der Waals surface area contributed by atoms with E-state index < -0.39 is 5.97 Å². The number of carbonyl (C=O) groups is 1. The summed E-state index contributed by atoms with van der Waals surface area (Å²) in [5.74, 6) is -0.696. The van der Waals surface area contributed by atoms with E-state index in [1.54, 1.807) is 12.1 Å². The molecule has 0 aromatic heterocycles. The van der Waals surface area contributed by atoms with Crippen LogP contribution in [0.15, 0.2) is 18.2 Å². The number of aromatic carboxylic acids is 1. The molecule has 1 aliphatic rings. The summed E-state index contributed by atoms with van der Waals surface area (Å²) in [6, 6.07) is 6.87. The lowest BCUT2D eigenvalue weighted by Gasteiger charge is -2.14. The first-order valence-electron chi connectivity index (χ1n) is 5.57. The van der Waals surface area contributed by atoms with Gasteiger partial charge in [-0.1, -0.05) is 0 Å². The molecule has 0 saturated carbocycles. The van der Waals surface area contributed by atoms with Gasteiger partial charge in [0.2, 0.25) is 0 Å². The molecule has 0 radical (unpaired) electrons. The Hall–Kier alpha value is -1.86. The van der Waals surface area contributed by atoms with Crippen molar-refractivity contribution in [2.75, 3.05) is 20.1 Å². The van der Waals surface area contributed by atoms with Crippen LogP contribution in [-0.4, -0.2) is 36.1 Å². The monoisotopic (exact) mass is 230 g/mol. The lowest BCUT2D eigenvalue weighted by molar-refractivity contribution is 0.0695. The Labute approximate surface area is 100 Å². The second kappa shape index (κ2) is 4.56. The summed E-state index contributed by atoms with van der Waals surface area (Å²) in [6.07, 6.45) is 0.950. The molecule has 4 heteroatoms. The van der Waals surface area contributed by atoms with Gasteiger partial charge in [-0.15, -0.1) is 0 Å². The van der Waals surface area contributed by atoms with Gasteiger partial charge in [0, 0.05) is 6.54 Å². The van der Waals surface area contributed by atoms with Crippen LogP contribution in [0.5, 0.6) is 0 Å². The highest BCUT2D eigenvalue weighted by Gasteiger charge is 2.25. The van der Waals surface area contributed by atoms with Gasteiger partial charge in [-0.2, -0.15) is 5.26 Å². The predicted molar refractivity (Wildman–Crippen MR) is 63.0 cm³/mol. The van der Waals surface area contributed by atoms with E-state index in [4.69, 9.17) is 10.4 Å². The lowest BCUT2D eigenvalue weighted by Crippen LogP contribution is -2.15. The van der Waals surface area contributed by atoms with Crippen LogP contribution in [0.2, 0.25) is 0 Å². The van der Waals surface area contributed by atoms with Gasteiger partial charge < -0.3 is 10.0 Å². The van der Waals surface area contributed by atoms with E-state index >= 15 is 0 Å². The summed E-state index contributed by atoms with van der Waals surface area (Å²) in [5, 5.41) is 18.0. The quantitative estimate of drug-likeness (QED) is 0.839. The molecule has 2 rings (SSSR count). The molecular formula is C13H14N2O2. The maximum Gasteiger partial charge on any atom is 0.335 e. The van der Waals surface area contributed by atoms with Crippen molar-refractivity contribution < 1.29 is 9.90 Å². The average Bonchev–Trinajstić information content (AvgIpc) is 2.75. The molecule has 1 atom stereocenters. The predicted octanol–water partition coefficient (Wildman–Crippen LogP) is 1.68. The van der Waals surface area contributed by atoms with Crippen molar-refractivity contribution in [3.05, 3.63) is 34.9 Å². The van der Waals surface area contributed by atoms with Crippen molar-refractivity contribution in [2.45, 2.75) is 12.3 Å². The number of carboxylic acid groups (broad SMARTS) is 1. The number of benzene rings is 1. The number of nitriles is 1. The maximum absolute atomic E-state index is 11.2. The van der Waals surface area contributed by atoms with E-state index in [9.17, 15) is 4.79 Å². The minimum Gasteiger partial charge on any atom is -0.478 e. The highest BCUT2D eigenvalue weighted by Crippen LogP contribution is 2.29. The van der Waals surface area contributed by atoms with Gasteiger partial charge in [0.25, 0.3) is 0 Å². The van der Waals surface area contributed by atoms with Gasteiger partial charge in [0.1, 0.15) is 0 Å². The lowest BCUT2D eigenvalue weighted by atomic mass is 9.92. The van der Waals surface area contributed by atoms with Gasteiger partial charge in [-0.3, -0.25) is 0 Å². The van der Waals surface area contributed by atoms with Crippen molar-refractivity contribution in [2.24, 2.45) is 0 Å². The number of rotatable bonds is 2. The summed E-state index contributed by atoms with van der Waals surface area (Å²) >= 11 is 0. The Balaban J connectivity index is 2.42. The van der Waals surface area contributed by atoms with E-state index in [2.05, 4.69) is 11.0 Å². The molecule has 0 bridgehead atoms. The number of carboxylic acids is 1. The molecule has 17 heavy (non-hydrogen) atoms. The highest BCUT2D eigenvalue weighted by molar-refractivity contribution is 5.89. The largest absolute Gasteiger partial charge is 0.478 e. The first-order valence-corrected chi connectivity index (χ1v) is 5.57. The Bertz CT molecular complexity index is 491. The maximum atomic E-state index is 11.2. The minimum absolute atomic E-state index is 0.222. The van der Waals surface area contributed by atoms with Crippen LogP contribution >= 0.6 is 0 Å². The van der Waals surface area contributed by atoms with E-state index in [1.807, 2.05) is 7.05 Å². The molecule has 1 N–H and O–H groups in total. The third-order valence-corrected chi connectivity index (χ3v) is 3.24. The topological polar surface area (TPSA) is 64.3 Å². The molecular weight excluding hydrogens is 216 g/mol. The molecule has 1 aromatic rings. The summed E-state index contributed by atoms with van der Waals surface area (Å²) in [6.45, 7) is 1.83. The fraction of sp³-hybridized carbons (Fsp3) is 0.385. The second-order valence-corrected chi connectivity index (χ2v) is 4.47. The minimum atomic E-state index is -0.918. The van der Waals surface area contributed by atoms with E-state index in [0.717, 1.165) is 25.1 Å². The van der Waals surface area contributed by atoms with Crippen LogP contribution in [0.25, 0.3) is 0 Å². The van der Waals surface area contributed by atoms with E-state index in [-0.39, 0.29) is 5.92 Å². The highest BCUT2D eigenvalue weighted by atomic mass is 16.4. The number of hydrogen-bond donors (Lipinski definition) is 1. The van der Waals surface area contributed by atoms with Crippen LogP contribution in [0.4, 0.5) is 0 Å². The summed E-state index contributed by atoms with van der Waals surface area (Å²) in [7, 11) is 2.02. The zero-order valence-electron chi connectivity index (χ0n) is 9.68. The Morgan fingerprint density at radius 1 is 1.59 bits per heavy atom. The first kappa shape index (κ1) is 11.6. The molecule has 0 amide bonds. The number of likely N-dealkylation sites (tertiary alicyclic amines) is 1. The normalized spacial score (nSPS) is 20.1. The van der Waals surface area contributed by atoms with Gasteiger partial charge in [-0.05, 0) is 49.7 Å². The van der Waals surface area contributed by atoms with Gasteiger partial charge in [-0.25, -0.2) is 4.79 Å². The van der Waals surface area contributed by atoms with Crippen LogP contribution in [0.3, 0.4) is 0 Å². The molecule has 1 aliphatic heterocycles. The fourth-order valence-electron chi connectivity index (χ4n) is 2.35. The van der Waals surface area contributed by atoms with Gasteiger partial charge >= 0.3 is 5.97 Å². The first-order chi connectivity index (χ1) is 8.11. The number of nitrogens with zero attached hydrogens (tertiary/aromatic N) is 2. The zero-order valence-corrected chi connectivity index (χ0v) is 9.68. The third kappa shape index (κ3) is 2.29. The molecule has 0 spiro atoms. The SMILES string of the molecule is CN1CC[C@H](c2cc(C#N)ccc2C(=O)O)C1. The molecule has 1 saturated heterocycles. The summed E-state index contributed by atoms with van der Waals surface area (Å²) < 4.78 is 0. The van der Waals surface area contributed by atoms with Crippen LogP contribution < -0.4 is 0 Å². The molecule has 4 nitrogen and oxygen atoms in total. The smallest absolute Gasteiger partial charge is 0.335 e. The average molecular weight is 230 g/mol.